The number of aliphatic hydroxyl groups excluding tert-OH is 4. The Balaban J connectivity index is 2.20. The van der Waals surface area contributed by atoms with Gasteiger partial charge in [0.15, 0.2) is 0 Å². The monoisotopic (exact) mass is 308 g/mol. The van der Waals surface area contributed by atoms with Crippen molar-refractivity contribution in [3.63, 3.8) is 0 Å². The zero-order valence-corrected chi connectivity index (χ0v) is 12.4. The lowest BCUT2D eigenvalue weighted by atomic mass is 9.92. The smallest absolute Gasteiger partial charge is 0.101 e. The zero-order chi connectivity index (χ0) is 15.5. The Kier molecular flexibility index (Phi) is 10.1. The lowest BCUT2D eigenvalue weighted by molar-refractivity contribution is -0.105. The summed E-state index contributed by atoms with van der Waals surface area (Å²) in [6.07, 6.45) is 0.923. The molecule has 0 aromatic carbocycles. The maximum atomic E-state index is 9.82. The van der Waals surface area contributed by atoms with Crippen LogP contribution in [0.15, 0.2) is 0 Å². The highest BCUT2D eigenvalue weighted by molar-refractivity contribution is 4.80. The molecule has 1 fully saturated rings. The fourth-order valence-electron chi connectivity index (χ4n) is 2.35. The average Bonchev–Trinajstić information content (AvgIpc) is 2.45. The molecule has 0 bridgehead atoms. The van der Waals surface area contributed by atoms with Crippen molar-refractivity contribution in [2.24, 2.45) is 0 Å². The average molecular weight is 308 g/mol. The summed E-state index contributed by atoms with van der Waals surface area (Å²) in [5.74, 6) is 0. The van der Waals surface area contributed by atoms with Gasteiger partial charge in [-0.25, -0.2) is 0 Å². The molecule has 1 aliphatic carbocycles. The van der Waals surface area contributed by atoms with E-state index in [4.69, 9.17) is 24.4 Å². The van der Waals surface area contributed by atoms with Crippen molar-refractivity contribution in [3.05, 3.63) is 0 Å². The fourth-order valence-corrected chi connectivity index (χ4v) is 2.35. The molecule has 0 amide bonds. The molecule has 4 atom stereocenters. The Bertz CT molecular complexity index is 251. The Morgan fingerprint density at radius 3 is 2.29 bits per heavy atom. The van der Waals surface area contributed by atoms with Gasteiger partial charge in [-0.2, -0.15) is 0 Å². The molecule has 0 heterocycles. The highest BCUT2D eigenvalue weighted by Gasteiger charge is 2.29. The van der Waals surface area contributed by atoms with Crippen LogP contribution in [0.3, 0.4) is 0 Å². The Labute approximate surface area is 125 Å². The Morgan fingerprint density at radius 2 is 1.62 bits per heavy atom. The van der Waals surface area contributed by atoms with E-state index in [-0.39, 0.29) is 45.2 Å². The van der Waals surface area contributed by atoms with Crippen LogP contribution in [-0.2, 0) is 14.2 Å². The molecular weight excluding hydrogens is 280 g/mol. The molecule has 0 radical (unpaired) electrons. The van der Waals surface area contributed by atoms with Gasteiger partial charge in [0.2, 0.25) is 0 Å². The van der Waals surface area contributed by atoms with Gasteiger partial charge in [0.1, 0.15) is 6.10 Å². The van der Waals surface area contributed by atoms with Crippen LogP contribution < -0.4 is 0 Å². The topological polar surface area (TPSA) is 109 Å². The molecule has 7 nitrogen and oxygen atoms in total. The van der Waals surface area contributed by atoms with Gasteiger partial charge in [-0.05, 0) is 25.7 Å². The molecule has 0 aliphatic heterocycles. The van der Waals surface area contributed by atoms with Gasteiger partial charge in [-0.3, -0.25) is 0 Å². The van der Waals surface area contributed by atoms with Crippen LogP contribution in [0.1, 0.15) is 25.7 Å². The minimum absolute atomic E-state index is 0.0742. The second-order valence-corrected chi connectivity index (χ2v) is 5.34. The molecule has 1 saturated carbocycles. The first-order valence-corrected chi connectivity index (χ1v) is 7.54. The Morgan fingerprint density at radius 1 is 0.905 bits per heavy atom. The standard InChI is InChI=1S/C14H28O7/c15-2-1-4-20-13-6-11(17)7-14(8-13)21-10-12(18)9-19-5-3-16/h11-18H,1-10H2. The van der Waals surface area contributed by atoms with Crippen molar-refractivity contribution in [2.75, 3.05) is 39.6 Å². The van der Waals surface area contributed by atoms with E-state index in [2.05, 4.69) is 0 Å². The lowest BCUT2D eigenvalue weighted by Gasteiger charge is -2.32. The predicted molar refractivity (Wildman–Crippen MR) is 75.0 cm³/mol. The molecular formula is C14H28O7. The minimum atomic E-state index is -0.746. The van der Waals surface area contributed by atoms with E-state index in [0.717, 1.165) is 0 Å². The highest BCUT2D eigenvalue weighted by atomic mass is 16.5. The van der Waals surface area contributed by atoms with Crippen LogP contribution in [0.4, 0.5) is 0 Å². The van der Waals surface area contributed by atoms with E-state index in [0.29, 0.717) is 32.3 Å². The molecule has 1 rings (SSSR count). The summed E-state index contributed by atoms with van der Waals surface area (Å²) in [6, 6.07) is 0. The van der Waals surface area contributed by atoms with Crippen LogP contribution in [-0.4, -0.2) is 84.5 Å². The number of hydrogen-bond acceptors (Lipinski definition) is 7. The van der Waals surface area contributed by atoms with Gasteiger partial charge in [0.25, 0.3) is 0 Å². The van der Waals surface area contributed by atoms with Gasteiger partial charge in [-0.15, -0.1) is 0 Å². The van der Waals surface area contributed by atoms with Crippen molar-refractivity contribution in [1.82, 2.24) is 0 Å². The molecule has 4 N–H and O–H groups in total. The van der Waals surface area contributed by atoms with Gasteiger partial charge in [0, 0.05) is 13.2 Å². The summed E-state index contributed by atoms with van der Waals surface area (Å²) in [4.78, 5) is 0. The lowest BCUT2D eigenvalue weighted by Crippen LogP contribution is -2.37. The normalized spacial score (nSPS) is 27.7. The van der Waals surface area contributed by atoms with E-state index in [1.165, 1.54) is 0 Å². The Hall–Kier alpha value is -0.280. The van der Waals surface area contributed by atoms with Gasteiger partial charge in [-0.1, -0.05) is 0 Å². The molecule has 21 heavy (non-hydrogen) atoms. The largest absolute Gasteiger partial charge is 0.396 e. The van der Waals surface area contributed by atoms with E-state index in [1.54, 1.807) is 0 Å². The molecule has 0 aromatic heterocycles. The maximum Gasteiger partial charge on any atom is 0.101 e. The summed E-state index contributed by atoms with van der Waals surface area (Å²) in [6.45, 7) is 0.932. The van der Waals surface area contributed by atoms with E-state index in [1.807, 2.05) is 0 Å². The number of aliphatic hydroxyl groups is 4. The number of rotatable bonds is 11. The summed E-state index contributed by atoms with van der Waals surface area (Å²) in [5.41, 5.74) is 0. The first-order valence-electron chi connectivity index (χ1n) is 7.54. The van der Waals surface area contributed by atoms with Gasteiger partial charge >= 0.3 is 0 Å². The summed E-state index contributed by atoms with van der Waals surface area (Å²) >= 11 is 0. The second kappa shape index (κ2) is 11.3. The quantitative estimate of drug-likeness (QED) is 0.365. The first-order chi connectivity index (χ1) is 10.2. The SMILES string of the molecule is OCCCOC1CC(O)CC(OCC(O)COCCO)C1. The van der Waals surface area contributed by atoms with E-state index in [9.17, 15) is 10.2 Å². The molecule has 1 aliphatic rings. The van der Waals surface area contributed by atoms with Crippen LogP contribution >= 0.6 is 0 Å². The first kappa shape index (κ1) is 18.8. The fraction of sp³-hybridized carbons (Fsp3) is 1.00. The summed E-state index contributed by atoms with van der Waals surface area (Å²) < 4.78 is 16.2. The zero-order valence-electron chi connectivity index (χ0n) is 12.4. The summed E-state index contributed by atoms with van der Waals surface area (Å²) in [5, 5.41) is 36.8. The minimum Gasteiger partial charge on any atom is -0.396 e. The van der Waals surface area contributed by atoms with Crippen LogP contribution in [0.2, 0.25) is 0 Å². The molecule has 0 saturated heterocycles. The maximum absolute atomic E-state index is 9.82. The van der Waals surface area contributed by atoms with Crippen molar-refractivity contribution in [1.29, 1.82) is 0 Å². The van der Waals surface area contributed by atoms with Gasteiger partial charge < -0.3 is 34.6 Å². The summed E-state index contributed by atoms with van der Waals surface area (Å²) in [7, 11) is 0. The number of ether oxygens (including phenoxy) is 3. The molecule has 4 unspecified atom stereocenters. The third-order valence-corrected chi connectivity index (χ3v) is 3.32. The molecule has 0 spiro atoms. The molecule has 0 aromatic rings. The number of hydrogen-bond donors (Lipinski definition) is 4. The highest BCUT2D eigenvalue weighted by Crippen LogP contribution is 2.24. The second-order valence-electron chi connectivity index (χ2n) is 5.34. The van der Waals surface area contributed by atoms with Crippen LogP contribution in [0.25, 0.3) is 0 Å². The van der Waals surface area contributed by atoms with Crippen molar-refractivity contribution in [2.45, 2.75) is 50.1 Å². The van der Waals surface area contributed by atoms with E-state index < -0.39 is 12.2 Å². The third kappa shape index (κ3) is 8.67. The third-order valence-electron chi connectivity index (χ3n) is 3.32. The van der Waals surface area contributed by atoms with E-state index >= 15 is 0 Å². The van der Waals surface area contributed by atoms with Crippen molar-refractivity contribution in [3.8, 4) is 0 Å². The van der Waals surface area contributed by atoms with Crippen molar-refractivity contribution < 1.29 is 34.6 Å². The predicted octanol–water partition coefficient (Wildman–Crippen LogP) is -0.946. The van der Waals surface area contributed by atoms with Crippen molar-refractivity contribution >= 4 is 0 Å². The van der Waals surface area contributed by atoms with Gasteiger partial charge in [0.05, 0.1) is 44.7 Å². The van der Waals surface area contributed by atoms with Crippen LogP contribution in [0, 0.1) is 0 Å². The molecule has 7 heteroatoms. The van der Waals surface area contributed by atoms with Crippen LogP contribution in [0.5, 0.6) is 0 Å². The molecule has 126 valence electrons.